The van der Waals surface area contributed by atoms with E-state index in [9.17, 15) is 0 Å². The molecule has 3 heterocycles. The van der Waals surface area contributed by atoms with Crippen LogP contribution in [0.15, 0.2) is 54.9 Å². The van der Waals surface area contributed by atoms with Crippen LogP contribution in [-0.4, -0.2) is 33.0 Å². The van der Waals surface area contributed by atoms with Crippen molar-refractivity contribution in [3.8, 4) is 0 Å². The van der Waals surface area contributed by atoms with Crippen LogP contribution < -0.4 is 0 Å². The summed E-state index contributed by atoms with van der Waals surface area (Å²) in [5, 5.41) is 4.90. The number of ether oxygens (including phenoxy) is 1. The van der Waals surface area contributed by atoms with Gasteiger partial charge >= 0.3 is 0 Å². The Kier molecular flexibility index (Phi) is 5.89. The van der Waals surface area contributed by atoms with Crippen molar-refractivity contribution >= 4 is 0 Å². The summed E-state index contributed by atoms with van der Waals surface area (Å²) in [5.41, 5.74) is 2.62. The number of pyridine rings is 1. The SMILES string of the molecule is c1ccc(CCn2nc(C3CCOCC3)nc2CCc2ccncc2)cc1. The minimum absolute atomic E-state index is 0.427. The highest BCUT2D eigenvalue weighted by Crippen LogP contribution is 2.24. The lowest BCUT2D eigenvalue weighted by Gasteiger charge is -2.18. The molecule has 0 atom stereocenters. The van der Waals surface area contributed by atoms with Crippen molar-refractivity contribution in [2.24, 2.45) is 0 Å². The topological polar surface area (TPSA) is 52.8 Å². The Morgan fingerprint density at radius 3 is 2.41 bits per heavy atom. The first-order chi connectivity index (χ1) is 13.4. The summed E-state index contributed by atoms with van der Waals surface area (Å²) < 4.78 is 7.62. The molecule has 2 aromatic heterocycles. The normalized spacial score (nSPS) is 15.1. The molecule has 140 valence electrons. The molecule has 0 radical (unpaired) electrons. The van der Waals surface area contributed by atoms with Crippen molar-refractivity contribution in [3.05, 3.63) is 77.6 Å². The highest BCUT2D eigenvalue weighted by Gasteiger charge is 2.22. The molecule has 0 amide bonds. The lowest BCUT2D eigenvalue weighted by Crippen LogP contribution is -2.15. The first-order valence-corrected chi connectivity index (χ1v) is 9.82. The third kappa shape index (κ3) is 4.80. The lowest BCUT2D eigenvalue weighted by molar-refractivity contribution is 0.0835. The fourth-order valence-corrected chi connectivity index (χ4v) is 3.57. The van der Waals surface area contributed by atoms with E-state index in [1.807, 2.05) is 12.4 Å². The second kappa shape index (κ2) is 8.91. The average molecular weight is 362 g/mol. The van der Waals surface area contributed by atoms with Gasteiger partial charge in [-0.2, -0.15) is 5.10 Å². The van der Waals surface area contributed by atoms with Gasteiger partial charge < -0.3 is 4.74 Å². The van der Waals surface area contributed by atoms with Gasteiger partial charge in [-0.25, -0.2) is 9.67 Å². The Bertz CT molecular complexity index is 765. The van der Waals surface area contributed by atoms with E-state index in [-0.39, 0.29) is 0 Å². The molecule has 1 aliphatic heterocycles. The maximum atomic E-state index is 5.50. The number of aryl methyl sites for hydroxylation is 4. The first-order valence-electron chi connectivity index (χ1n) is 9.82. The maximum Gasteiger partial charge on any atom is 0.154 e. The zero-order valence-electron chi connectivity index (χ0n) is 15.6. The van der Waals surface area contributed by atoms with Crippen LogP contribution in [0, 0.1) is 0 Å². The Hall–Kier alpha value is -2.53. The van der Waals surface area contributed by atoms with E-state index in [1.54, 1.807) is 0 Å². The zero-order chi connectivity index (χ0) is 18.3. The summed E-state index contributed by atoms with van der Waals surface area (Å²) in [6.07, 6.45) is 8.57. The Morgan fingerprint density at radius 2 is 1.63 bits per heavy atom. The van der Waals surface area contributed by atoms with Crippen molar-refractivity contribution in [3.63, 3.8) is 0 Å². The summed E-state index contributed by atoms with van der Waals surface area (Å²) >= 11 is 0. The molecule has 4 rings (SSSR count). The van der Waals surface area contributed by atoms with Gasteiger partial charge in [-0.05, 0) is 48.9 Å². The van der Waals surface area contributed by atoms with Gasteiger partial charge in [0.05, 0.1) is 0 Å². The molecule has 0 aliphatic carbocycles. The van der Waals surface area contributed by atoms with Gasteiger partial charge in [0.1, 0.15) is 5.82 Å². The van der Waals surface area contributed by atoms with Gasteiger partial charge in [0.25, 0.3) is 0 Å². The fourth-order valence-electron chi connectivity index (χ4n) is 3.57. The van der Waals surface area contributed by atoms with E-state index in [2.05, 4.69) is 52.1 Å². The lowest BCUT2D eigenvalue weighted by atomic mass is 10.00. The number of rotatable bonds is 7. The quantitative estimate of drug-likeness (QED) is 0.644. The van der Waals surface area contributed by atoms with Crippen LogP contribution in [-0.2, 0) is 30.5 Å². The van der Waals surface area contributed by atoms with Crippen LogP contribution in [0.3, 0.4) is 0 Å². The number of hydrogen-bond donors (Lipinski definition) is 0. The van der Waals surface area contributed by atoms with E-state index in [0.29, 0.717) is 5.92 Å². The summed E-state index contributed by atoms with van der Waals surface area (Å²) in [5.74, 6) is 2.51. The minimum atomic E-state index is 0.427. The summed E-state index contributed by atoms with van der Waals surface area (Å²) in [4.78, 5) is 9.04. The van der Waals surface area contributed by atoms with Crippen LogP contribution in [0.25, 0.3) is 0 Å². The van der Waals surface area contributed by atoms with Gasteiger partial charge in [-0.15, -0.1) is 0 Å². The second-order valence-electron chi connectivity index (χ2n) is 7.09. The highest BCUT2D eigenvalue weighted by molar-refractivity contribution is 5.15. The fraction of sp³-hybridized carbons (Fsp3) is 0.409. The first kappa shape index (κ1) is 17.9. The van der Waals surface area contributed by atoms with Gasteiger partial charge in [0, 0.05) is 44.5 Å². The summed E-state index contributed by atoms with van der Waals surface area (Å²) in [7, 11) is 0. The molecule has 1 aliphatic rings. The third-order valence-electron chi connectivity index (χ3n) is 5.19. The molecule has 0 unspecified atom stereocenters. The van der Waals surface area contributed by atoms with Crippen LogP contribution >= 0.6 is 0 Å². The smallest absolute Gasteiger partial charge is 0.154 e. The standard InChI is InChI=1S/C22H26N4O/c1-2-4-18(5-3-1)10-15-26-21(7-6-19-8-13-23-14-9-19)24-22(25-26)20-11-16-27-17-12-20/h1-5,8-9,13-14,20H,6-7,10-12,15-17H2. The van der Waals surface area contributed by atoms with Crippen LogP contribution in [0.4, 0.5) is 0 Å². The zero-order valence-corrected chi connectivity index (χ0v) is 15.6. The van der Waals surface area contributed by atoms with Gasteiger partial charge in [-0.1, -0.05) is 30.3 Å². The Morgan fingerprint density at radius 1 is 0.889 bits per heavy atom. The Labute approximate surface area is 160 Å². The molecular weight excluding hydrogens is 336 g/mol. The van der Waals surface area contributed by atoms with E-state index in [4.69, 9.17) is 14.8 Å². The van der Waals surface area contributed by atoms with Crippen molar-refractivity contribution in [2.45, 2.75) is 44.6 Å². The predicted molar refractivity (Wildman–Crippen MR) is 105 cm³/mol. The molecule has 3 aromatic rings. The molecule has 5 heteroatoms. The van der Waals surface area contributed by atoms with Crippen molar-refractivity contribution in [2.75, 3.05) is 13.2 Å². The molecule has 5 nitrogen and oxygen atoms in total. The van der Waals surface area contributed by atoms with E-state index in [1.165, 1.54) is 11.1 Å². The molecule has 0 spiro atoms. The second-order valence-corrected chi connectivity index (χ2v) is 7.09. The van der Waals surface area contributed by atoms with E-state index < -0.39 is 0 Å². The van der Waals surface area contributed by atoms with Gasteiger partial charge in [0.15, 0.2) is 5.82 Å². The van der Waals surface area contributed by atoms with Crippen molar-refractivity contribution in [1.82, 2.24) is 19.7 Å². The number of nitrogens with zero attached hydrogens (tertiary/aromatic N) is 4. The highest BCUT2D eigenvalue weighted by atomic mass is 16.5. The number of hydrogen-bond acceptors (Lipinski definition) is 4. The molecular formula is C22H26N4O. The van der Waals surface area contributed by atoms with Gasteiger partial charge in [0.2, 0.25) is 0 Å². The summed E-state index contributed by atoms with van der Waals surface area (Å²) in [6, 6.07) is 14.7. The van der Waals surface area contributed by atoms with Gasteiger partial charge in [-0.3, -0.25) is 4.98 Å². The minimum Gasteiger partial charge on any atom is -0.381 e. The van der Waals surface area contributed by atoms with E-state index >= 15 is 0 Å². The molecule has 1 fully saturated rings. The monoisotopic (exact) mass is 362 g/mol. The van der Waals surface area contributed by atoms with Crippen molar-refractivity contribution < 1.29 is 4.74 Å². The number of aromatic nitrogens is 4. The molecule has 0 saturated carbocycles. The molecule has 1 aromatic carbocycles. The average Bonchev–Trinajstić information content (AvgIpc) is 3.16. The van der Waals surface area contributed by atoms with Crippen molar-refractivity contribution in [1.29, 1.82) is 0 Å². The summed E-state index contributed by atoms with van der Waals surface area (Å²) in [6.45, 7) is 2.50. The van der Waals surface area contributed by atoms with Crippen LogP contribution in [0.1, 0.15) is 41.5 Å². The molecule has 27 heavy (non-hydrogen) atoms. The Balaban J connectivity index is 1.50. The molecule has 0 N–H and O–H groups in total. The third-order valence-corrected chi connectivity index (χ3v) is 5.19. The maximum absolute atomic E-state index is 5.50. The van der Waals surface area contributed by atoms with E-state index in [0.717, 1.165) is 63.5 Å². The largest absolute Gasteiger partial charge is 0.381 e. The predicted octanol–water partition coefficient (Wildman–Crippen LogP) is 3.60. The molecule has 0 bridgehead atoms. The van der Waals surface area contributed by atoms with Crippen LogP contribution in [0.5, 0.6) is 0 Å². The molecule has 1 saturated heterocycles. The number of benzene rings is 1. The van der Waals surface area contributed by atoms with Crippen LogP contribution in [0.2, 0.25) is 0 Å².